The molecule has 2 aromatic rings. The number of nitrogens with one attached hydrogen (secondary N) is 4. The van der Waals surface area contributed by atoms with Gasteiger partial charge in [0, 0.05) is 19.2 Å². The summed E-state index contributed by atoms with van der Waals surface area (Å²) in [5.74, 6) is -2.07. The molecule has 12 heteroatoms. The third kappa shape index (κ3) is 7.84. The van der Waals surface area contributed by atoms with E-state index in [9.17, 15) is 24.3 Å². The molecule has 0 radical (unpaired) electrons. The average Bonchev–Trinajstić information content (AvgIpc) is 3.54. The lowest BCUT2D eigenvalue weighted by Crippen LogP contribution is -2.45. The fraction of sp³-hybridized carbons (Fsp3) is 0.333. The van der Waals surface area contributed by atoms with Crippen molar-refractivity contribution in [1.82, 2.24) is 21.3 Å². The topological polar surface area (TPSA) is 150 Å². The average molecular weight is 537 g/mol. The van der Waals surface area contributed by atoms with Gasteiger partial charge in [-0.25, -0.2) is 4.79 Å². The summed E-state index contributed by atoms with van der Waals surface area (Å²) in [5, 5.41) is 20.3. The van der Waals surface area contributed by atoms with Crippen molar-refractivity contribution in [1.29, 1.82) is 0 Å². The predicted octanol–water partition coefficient (Wildman–Crippen LogP) is 2.36. The molecular formula is C24H26Cl2N4O6. The Morgan fingerprint density at radius 3 is 2.56 bits per heavy atom. The molecule has 36 heavy (non-hydrogen) atoms. The molecule has 3 rings (SSSR count). The monoisotopic (exact) mass is 536 g/mol. The molecular weight excluding hydrogens is 511 g/mol. The van der Waals surface area contributed by atoms with Gasteiger partial charge in [-0.3, -0.25) is 14.4 Å². The number of hydrogen-bond donors (Lipinski definition) is 5. The summed E-state index contributed by atoms with van der Waals surface area (Å²) in [7, 11) is 0. The number of furan rings is 1. The number of hydrogen-bond acceptors (Lipinski definition) is 6. The molecule has 1 saturated heterocycles. The molecule has 1 aromatic heterocycles. The second-order valence-corrected chi connectivity index (χ2v) is 8.91. The van der Waals surface area contributed by atoms with Crippen LogP contribution in [-0.2, 0) is 20.9 Å². The van der Waals surface area contributed by atoms with Crippen LogP contribution >= 0.6 is 23.2 Å². The molecule has 5 N–H and O–H groups in total. The summed E-state index contributed by atoms with van der Waals surface area (Å²) in [6.07, 6.45) is 5.92. The zero-order valence-corrected chi connectivity index (χ0v) is 20.7. The van der Waals surface area contributed by atoms with E-state index in [0.717, 1.165) is 19.4 Å². The highest BCUT2D eigenvalue weighted by Gasteiger charge is 2.25. The van der Waals surface area contributed by atoms with E-state index in [1.54, 1.807) is 12.1 Å². The Morgan fingerprint density at radius 2 is 1.94 bits per heavy atom. The molecule has 3 amide bonds. The van der Waals surface area contributed by atoms with Crippen LogP contribution in [0.3, 0.4) is 0 Å². The Bertz CT molecular complexity index is 1110. The van der Waals surface area contributed by atoms with Crippen molar-refractivity contribution in [3.8, 4) is 0 Å². The molecule has 0 saturated carbocycles. The summed E-state index contributed by atoms with van der Waals surface area (Å²) in [5.41, 5.74) is 0.455. The van der Waals surface area contributed by atoms with Crippen LogP contribution in [0.5, 0.6) is 0 Å². The van der Waals surface area contributed by atoms with E-state index in [1.165, 1.54) is 30.5 Å². The number of carboxylic acids is 1. The van der Waals surface area contributed by atoms with Crippen LogP contribution in [-0.4, -0.2) is 54.0 Å². The zero-order chi connectivity index (χ0) is 26.1. The maximum atomic E-state index is 12.8. The van der Waals surface area contributed by atoms with Crippen molar-refractivity contribution in [2.75, 3.05) is 13.1 Å². The van der Waals surface area contributed by atoms with Crippen molar-refractivity contribution >= 4 is 53.0 Å². The van der Waals surface area contributed by atoms with Gasteiger partial charge in [-0.2, -0.15) is 0 Å². The molecule has 1 fully saturated rings. The van der Waals surface area contributed by atoms with Gasteiger partial charge in [-0.15, -0.1) is 0 Å². The van der Waals surface area contributed by atoms with Gasteiger partial charge in [-0.05, 0) is 61.7 Å². The Morgan fingerprint density at radius 1 is 1.19 bits per heavy atom. The van der Waals surface area contributed by atoms with Crippen LogP contribution in [0.4, 0.5) is 0 Å². The number of rotatable bonds is 11. The Balaban J connectivity index is 1.54. The lowest BCUT2D eigenvalue weighted by Gasteiger charge is -2.17. The van der Waals surface area contributed by atoms with Crippen molar-refractivity contribution in [2.24, 2.45) is 0 Å². The first-order valence-electron chi connectivity index (χ1n) is 11.3. The van der Waals surface area contributed by atoms with Crippen LogP contribution in [0.1, 0.15) is 40.9 Å². The number of halogens is 2. The number of carbonyl (C=O) groups excluding carboxylic acids is 3. The SMILES string of the molecule is O=C(/C=C/c1ccco1)NCc1cc(Cl)c(C(=O)N[C@@H](CCNC(=O)[C@H]2CCCN2)C(=O)O)c(Cl)c1. The van der Waals surface area contributed by atoms with Gasteiger partial charge in [0.15, 0.2) is 0 Å². The summed E-state index contributed by atoms with van der Waals surface area (Å²) < 4.78 is 5.11. The maximum absolute atomic E-state index is 12.8. The summed E-state index contributed by atoms with van der Waals surface area (Å²) in [4.78, 5) is 48.5. The van der Waals surface area contributed by atoms with E-state index in [-0.39, 0.29) is 53.0 Å². The minimum atomic E-state index is -1.26. The highest BCUT2D eigenvalue weighted by Crippen LogP contribution is 2.27. The second kappa shape index (κ2) is 13.1. The van der Waals surface area contributed by atoms with E-state index in [4.69, 9.17) is 27.6 Å². The van der Waals surface area contributed by atoms with Gasteiger partial charge in [-0.1, -0.05) is 23.2 Å². The summed E-state index contributed by atoms with van der Waals surface area (Å²) in [6.45, 7) is 0.931. The first-order chi connectivity index (χ1) is 17.2. The zero-order valence-electron chi connectivity index (χ0n) is 19.2. The number of aliphatic carboxylic acids is 1. The van der Waals surface area contributed by atoms with E-state index < -0.39 is 17.9 Å². The minimum absolute atomic E-state index is 0.000117. The third-order valence-electron chi connectivity index (χ3n) is 5.45. The highest BCUT2D eigenvalue weighted by atomic mass is 35.5. The largest absolute Gasteiger partial charge is 0.480 e. The first kappa shape index (κ1) is 27.3. The van der Waals surface area contributed by atoms with E-state index in [0.29, 0.717) is 11.3 Å². The van der Waals surface area contributed by atoms with Gasteiger partial charge in [0.25, 0.3) is 5.91 Å². The molecule has 1 aliphatic rings. The third-order valence-corrected chi connectivity index (χ3v) is 6.05. The van der Waals surface area contributed by atoms with Crippen LogP contribution in [0.25, 0.3) is 6.08 Å². The van der Waals surface area contributed by atoms with Gasteiger partial charge >= 0.3 is 5.97 Å². The fourth-order valence-electron chi connectivity index (χ4n) is 3.60. The molecule has 192 valence electrons. The quantitative estimate of drug-likeness (QED) is 0.276. The molecule has 0 spiro atoms. The Kier molecular flexibility index (Phi) is 9.92. The fourth-order valence-corrected chi connectivity index (χ4v) is 4.30. The Labute approximate surface area is 217 Å². The second-order valence-electron chi connectivity index (χ2n) is 8.09. The number of carbonyl (C=O) groups is 4. The standard InChI is InChI=1S/C24H26Cl2N4O6/c25-16-11-14(13-29-20(31)6-5-15-3-2-10-36-15)12-17(26)21(16)23(33)30-19(24(34)35)7-9-28-22(32)18-4-1-8-27-18/h2-3,5-6,10-12,18-19,27H,1,4,7-9,13H2,(H,28,32)(H,29,31)(H,30,33)(H,34,35)/b6-5+/t18-,19+/m1/s1. The van der Waals surface area contributed by atoms with Crippen molar-refractivity contribution < 1.29 is 28.7 Å². The van der Waals surface area contributed by atoms with Crippen molar-refractivity contribution in [2.45, 2.75) is 37.9 Å². The van der Waals surface area contributed by atoms with Crippen LogP contribution in [0.15, 0.2) is 41.0 Å². The molecule has 0 unspecified atom stereocenters. The normalized spacial score (nSPS) is 16.0. The molecule has 2 heterocycles. The lowest BCUT2D eigenvalue weighted by molar-refractivity contribution is -0.139. The summed E-state index contributed by atoms with van der Waals surface area (Å²) in [6, 6.07) is 4.78. The summed E-state index contributed by atoms with van der Waals surface area (Å²) >= 11 is 12.5. The number of amides is 3. The van der Waals surface area contributed by atoms with E-state index in [1.807, 2.05) is 0 Å². The van der Waals surface area contributed by atoms with Crippen molar-refractivity contribution in [3.63, 3.8) is 0 Å². The van der Waals surface area contributed by atoms with Crippen LogP contribution < -0.4 is 21.3 Å². The van der Waals surface area contributed by atoms with Gasteiger partial charge in [0.1, 0.15) is 11.8 Å². The lowest BCUT2D eigenvalue weighted by atomic mass is 10.1. The van der Waals surface area contributed by atoms with E-state index in [2.05, 4.69) is 21.3 Å². The van der Waals surface area contributed by atoms with Crippen LogP contribution in [0.2, 0.25) is 10.0 Å². The maximum Gasteiger partial charge on any atom is 0.326 e. The number of benzene rings is 1. The minimum Gasteiger partial charge on any atom is -0.480 e. The molecule has 0 bridgehead atoms. The molecule has 2 atom stereocenters. The first-order valence-corrected chi connectivity index (χ1v) is 12.0. The number of carboxylic acid groups (broad SMARTS) is 1. The molecule has 10 nitrogen and oxygen atoms in total. The van der Waals surface area contributed by atoms with Gasteiger partial charge < -0.3 is 30.8 Å². The molecule has 0 aliphatic carbocycles. The van der Waals surface area contributed by atoms with Gasteiger partial charge in [0.2, 0.25) is 11.8 Å². The molecule has 1 aromatic carbocycles. The smallest absolute Gasteiger partial charge is 0.326 e. The highest BCUT2D eigenvalue weighted by molar-refractivity contribution is 6.39. The Hall–Kier alpha value is -3.34. The molecule has 1 aliphatic heterocycles. The van der Waals surface area contributed by atoms with E-state index >= 15 is 0 Å². The van der Waals surface area contributed by atoms with Crippen LogP contribution in [0, 0.1) is 0 Å². The predicted molar refractivity (Wildman–Crippen MR) is 134 cm³/mol. The van der Waals surface area contributed by atoms with Crippen molar-refractivity contribution in [3.05, 3.63) is 63.5 Å². The van der Waals surface area contributed by atoms with Gasteiger partial charge in [0.05, 0.1) is 27.9 Å².